The molecule has 3 rings (SSSR count). The predicted octanol–water partition coefficient (Wildman–Crippen LogP) is 3.90. The fraction of sp³-hybridized carbons (Fsp3) is 0.588. The van der Waals surface area contributed by atoms with E-state index in [2.05, 4.69) is 10.6 Å². The number of rotatable bonds is 2. The fourth-order valence-corrected chi connectivity index (χ4v) is 3.60. The minimum Gasteiger partial charge on any atom is -0.385 e. The molecule has 1 amide bonds. The normalized spacial score (nSPS) is 24.5. The Balaban J connectivity index is 1.70. The second-order valence-electron chi connectivity index (χ2n) is 6.44. The van der Waals surface area contributed by atoms with Crippen LogP contribution < -0.4 is 10.6 Å². The van der Waals surface area contributed by atoms with Crippen LogP contribution in [0.3, 0.4) is 0 Å². The van der Waals surface area contributed by atoms with Crippen molar-refractivity contribution in [2.45, 2.75) is 50.7 Å². The van der Waals surface area contributed by atoms with E-state index in [0.29, 0.717) is 18.4 Å². The van der Waals surface area contributed by atoms with Gasteiger partial charge in [-0.25, -0.2) is 0 Å². The van der Waals surface area contributed by atoms with E-state index >= 15 is 0 Å². The van der Waals surface area contributed by atoms with Gasteiger partial charge in [-0.3, -0.25) is 4.79 Å². The zero-order valence-electron chi connectivity index (χ0n) is 12.9. The lowest BCUT2D eigenvalue weighted by Gasteiger charge is -2.31. The second kappa shape index (κ2) is 6.42. The van der Waals surface area contributed by atoms with Crippen molar-refractivity contribution >= 4 is 11.6 Å². The number of hydrogen-bond donors (Lipinski definition) is 2. The van der Waals surface area contributed by atoms with Gasteiger partial charge in [-0.15, -0.1) is 0 Å². The topological polar surface area (TPSA) is 41.1 Å². The third kappa shape index (κ3) is 3.62. The van der Waals surface area contributed by atoms with Gasteiger partial charge in [-0.1, -0.05) is 12.5 Å². The van der Waals surface area contributed by atoms with Crippen LogP contribution in [0.2, 0.25) is 0 Å². The van der Waals surface area contributed by atoms with Crippen LogP contribution in [0.1, 0.15) is 48.0 Å². The molecule has 0 saturated heterocycles. The highest BCUT2D eigenvalue weighted by molar-refractivity contribution is 5.97. The Bertz CT molecular complexity index is 586. The molecule has 1 aromatic rings. The highest BCUT2D eigenvalue weighted by Gasteiger charge is 2.42. The lowest BCUT2D eigenvalue weighted by molar-refractivity contribution is -0.183. The van der Waals surface area contributed by atoms with Gasteiger partial charge in [0.1, 0.15) is 0 Å². The van der Waals surface area contributed by atoms with Gasteiger partial charge in [-0.05, 0) is 49.8 Å². The van der Waals surface area contributed by atoms with E-state index in [1.54, 1.807) is 6.07 Å². The molecule has 2 aliphatic rings. The van der Waals surface area contributed by atoms with E-state index in [1.165, 1.54) is 0 Å². The van der Waals surface area contributed by atoms with E-state index < -0.39 is 18.1 Å². The summed E-state index contributed by atoms with van der Waals surface area (Å²) in [4.78, 5) is 12.5. The van der Waals surface area contributed by atoms with E-state index in [1.807, 2.05) is 12.1 Å². The fourth-order valence-electron chi connectivity index (χ4n) is 3.60. The molecule has 3 nitrogen and oxygen atoms in total. The van der Waals surface area contributed by atoms with E-state index in [4.69, 9.17) is 0 Å². The maximum Gasteiger partial charge on any atom is 0.391 e. The number of carbonyl (C=O) groups excluding carboxylic acids is 1. The van der Waals surface area contributed by atoms with E-state index in [0.717, 1.165) is 30.6 Å². The first-order valence-corrected chi connectivity index (χ1v) is 8.18. The first-order valence-electron chi connectivity index (χ1n) is 8.18. The number of halogens is 3. The Morgan fingerprint density at radius 3 is 2.83 bits per heavy atom. The number of anilines is 1. The third-order valence-electron chi connectivity index (χ3n) is 4.81. The number of alkyl halides is 3. The molecule has 0 aromatic heterocycles. The summed E-state index contributed by atoms with van der Waals surface area (Å²) < 4.78 is 38.6. The summed E-state index contributed by atoms with van der Waals surface area (Å²) in [5.74, 6) is -1.55. The maximum absolute atomic E-state index is 12.9. The monoisotopic (exact) mass is 326 g/mol. The zero-order chi connectivity index (χ0) is 16.4. The molecular formula is C17H21F3N2O. The number of amides is 1. The summed E-state index contributed by atoms with van der Waals surface area (Å²) in [6.07, 6.45) is -1.12. The minimum absolute atomic E-state index is 0.0114. The highest BCUT2D eigenvalue weighted by atomic mass is 19.4. The van der Waals surface area contributed by atoms with Crippen LogP contribution in [-0.2, 0) is 6.42 Å². The summed E-state index contributed by atoms with van der Waals surface area (Å²) in [5.41, 5.74) is 2.52. The van der Waals surface area contributed by atoms with Gasteiger partial charge >= 0.3 is 6.18 Å². The zero-order valence-corrected chi connectivity index (χ0v) is 12.9. The summed E-state index contributed by atoms with van der Waals surface area (Å²) >= 11 is 0. The quantitative estimate of drug-likeness (QED) is 0.865. The largest absolute Gasteiger partial charge is 0.391 e. The standard InChI is InChI=1S/C17H21F3N2O/c18-17(19,20)11-4-1-5-12(10-11)22-16(23)14-6-2-8-15-13(14)7-3-9-21-15/h2,6,8,11-12,21H,1,3-5,7,9-10H2,(H,22,23). The van der Waals surface area contributed by atoms with Gasteiger partial charge in [0.05, 0.1) is 5.92 Å². The molecule has 126 valence electrons. The Hall–Kier alpha value is -1.72. The van der Waals surface area contributed by atoms with Gasteiger partial charge in [0.15, 0.2) is 0 Å². The molecule has 23 heavy (non-hydrogen) atoms. The van der Waals surface area contributed by atoms with Crippen molar-refractivity contribution in [3.63, 3.8) is 0 Å². The van der Waals surface area contributed by atoms with Crippen molar-refractivity contribution in [2.24, 2.45) is 5.92 Å². The summed E-state index contributed by atoms with van der Waals surface area (Å²) in [7, 11) is 0. The lowest BCUT2D eigenvalue weighted by atomic mass is 9.85. The molecule has 0 spiro atoms. The maximum atomic E-state index is 12.9. The molecule has 1 aliphatic heterocycles. The third-order valence-corrected chi connectivity index (χ3v) is 4.81. The summed E-state index contributed by atoms with van der Waals surface area (Å²) in [5, 5.41) is 6.08. The summed E-state index contributed by atoms with van der Waals surface area (Å²) in [6, 6.07) is 5.11. The van der Waals surface area contributed by atoms with Crippen molar-refractivity contribution < 1.29 is 18.0 Å². The number of hydrogen-bond acceptors (Lipinski definition) is 2. The molecular weight excluding hydrogens is 305 g/mol. The van der Waals surface area contributed by atoms with Crippen LogP contribution in [0.15, 0.2) is 18.2 Å². The number of nitrogens with one attached hydrogen (secondary N) is 2. The predicted molar refractivity (Wildman–Crippen MR) is 82.5 cm³/mol. The molecule has 1 heterocycles. The molecule has 6 heteroatoms. The van der Waals surface area contributed by atoms with Gasteiger partial charge in [-0.2, -0.15) is 13.2 Å². The average Bonchev–Trinajstić information content (AvgIpc) is 2.53. The lowest BCUT2D eigenvalue weighted by Crippen LogP contribution is -2.42. The summed E-state index contributed by atoms with van der Waals surface area (Å²) in [6.45, 7) is 0.883. The molecule has 1 aliphatic carbocycles. The van der Waals surface area contributed by atoms with Gasteiger partial charge < -0.3 is 10.6 Å². The smallest absolute Gasteiger partial charge is 0.385 e. The highest BCUT2D eigenvalue weighted by Crippen LogP contribution is 2.37. The van der Waals surface area contributed by atoms with Crippen LogP contribution in [0, 0.1) is 5.92 Å². The molecule has 2 unspecified atom stereocenters. The van der Waals surface area contributed by atoms with E-state index in [-0.39, 0.29) is 18.7 Å². The molecule has 1 fully saturated rings. The number of fused-ring (bicyclic) bond motifs is 1. The van der Waals surface area contributed by atoms with Crippen LogP contribution in [0.4, 0.5) is 18.9 Å². The molecule has 1 saturated carbocycles. The van der Waals surface area contributed by atoms with Crippen LogP contribution in [-0.4, -0.2) is 24.7 Å². The Morgan fingerprint density at radius 2 is 2.04 bits per heavy atom. The Morgan fingerprint density at radius 1 is 1.22 bits per heavy atom. The molecule has 0 radical (unpaired) electrons. The van der Waals surface area contributed by atoms with Crippen LogP contribution >= 0.6 is 0 Å². The number of carbonyl (C=O) groups is 1. The van der Waals surface area contributed by atoms with Crippen molar-refractivity contribution in [1.82, 2.24) is 5.32 Å². The SMILES string of the molecule is O=C(NC1CCCC(C(F)(F)F)C1)c1cccc2c1CCCN2. The molecule has 1 aromatic carbocycles. The molecule has 0 bridgehead atoms. The van der Waals surface area contributed by atoms with Crippen molar-refractivity contribution in [3.05, 3.63) is 29.3 Å². The minimum atomic E-state index is -4.17. The van der Waals surface area contributed by atoms with Gasteiger partial charge in [0.2, 0.25) is 0 Å². The molecule has 2 N–H and O–H groups in total. The van der Waals surface area contributed by atoms with Crippen molar-refractivity contribution in [2.75, 3.05) is 11.9 Å². The van der Waals surface area contributed by atoms with Crippen molar-refractivity contribution in [1.29, 1.82) is 0 Å². The second-order valence-corrected chi connectivity index (χ2v) is 6.44. The Labute approximate surface area is 133 Å². The van der Waals surface area contributed by atoms with Crippen molar-refractivity contribution in [3.8, 4) is 0 Å². The van der Waals surface area contributed by atoms with Crippen LogP contribution in [0.5, 0.6) is 0 Å². The Kier molecular flexibility index (Phi) is 4.50. The van der Waals surface area contributed by atoms with Gasteiger partial charge in [0.25, 0.3) is 5.91 Å². The van der Waals surface area contributed by atoms with Gasteiger partial charge in [0, 0.05) is 23.8 Å². The first-order chi connectivity index (χ1) is 10.9. The first kappa shape index (κ1) is 16.1. The average molecular weight is 326 g/mol. The van der Waals surface area contributed by atoms with Crippen LogP contribution in [0.25, 0.3) is 0 Å². The number of benzene rings is 1. The van der Waals surface area contributed by atoms with E-state index in [9.17, 15) is 18.0 Å². The molecule has 2 atom stereocenters.